The fourth-order valence-corrected chi connectivity index (χ4v) is 3.44. The molecular weight excluding hydrogens is 238 g/mol. The molecule has 0 aromatic rings. The van der Waals surface area contributed by atoms with E-state index >= 15 is 0 Å². The summed E-state index contributed by atoms with van der Waals surface area (Å²) < 4.78 is 0. The summed E-state index contributed by atoms with van der Waals surface area (Å²) in [6.07, 6.45) is 8.68. The van der Waals surface area contributed by atoms with Crippen molar-refractivity contribution < 1.29 is 4.79 Å². The quantitative estimate of drug-likeness (QED) is 0.764. The normalized spacial score (nSPS) is 22.8. The zero-order valence-electron chi connectivity index (χ0n) is 12.1. The highest BCUT2D eigenvalue weighted by atomic mass is 16.1. The Hall–Kier alpha value is -0.610. The molecule has 3 N–H and O–H groups in total. The molecule has 4 heteroatoms. The molecule has 0 aromatic carbocycles. The Morgan fingerprint density at radius 3 is 2.47 bits per heavy atom. The van der Waals surface area contributed by atoms with Crippen LogP contribution < -0.4 is 11.1 Å². The van der Waals surface area contributed by atoms with E-state index in [9.17, 15) is 4.79 Å². The van der Waals surface area contributed by atoms with Crippen molar-refractivity contribution in [2.75, 3.05) is 32.7 Å². The minimum Gasteiger partial charge on any atom is -0.356 e. The number of rotatable bonds is 6. The van der Waals surface area contributed by atoms with Crippen molar-refractivity contribution in [1.29, 1.82) is 0 Å². The predicted octanol–water partition coefficient (Wildman–Crippen LogP) is 1.35. The van der Waals surface area contributed by atoms with Gasteiger partial charge < -0.3 is 16.0 Å². The Morgan fingerprint density at radius 1 is 1.16 bits per heavy atom. The molecule has 0 bridgehead atoms. The van der Waals surface area contributed by atoms with Crippen molar-refractivity contribution in [3.05, 3.63) is 0 Å². The fourth-order valence-electron chi connectivity index (χ4n) is 3.44. The lowest BCUT2D eigenvalue weighted by Crippen LogP contribution is -2.42. The van der Waals surface area contributed by atoms with Crippen LogP contribution in [0.1, 0.15) is 44.9 Å². The summed E-state index contributed by atoms with van der Waals surface area (Å²) >= 11 is 0. The Kier molecular flexibility index (Phi) is 6.11. The average molecular weight is 267 g/mol. The molecule has 0 radical (unpaired) electrons. The molecule has 0 atom stereocenters. The monoisotopic (exact) mass is 267 g/mol. The number of nitrogens with one attached hydrogen (secondary N) is 1. The smallest absolute Gasteiger partial charge is 0.223 e. The molecule has 2 rings (SSSR count). The first kappa shape index (κ1) is 14.8. The van der Waals surface area contributed by atoms with E-state index in [0.717, 1.165) is 51.5 Å². The van der Waals surface area contributed by atoms with Crippen LogP contribution in [0.25, 0.3) is 0 Å². The molecule has 19 heavy (non-hydrogen) atoms. The molecule has 110 valence electrons. The average Bonchev–Trinajstić information content (AvgIpc) is 2.93. The molecule has 1 saturated heterocycles. The molecule has 2 aliphatic rings. The summed E-state index contributed by atoms with van der Waals surface area (Å²) in [6.45, 7) is 4.62. The summed E-state index contributed by atoms with van der Waals surface area (Å²) in [5, 5.41) is 3.14. The summed E-state index contributed by atoms with van der Waals surface area (Å²) in [5.74, 6) is 1.38. The number of nitrogens with zero attached hydrogens (tertiary/aromatic N) is 1. The zero-order valence-corrected chi connectivity index (χ0v) is 12.1. The Balaban J connectivity index is 1.58. The van der Waals surface area contributed by atoms with Crippen LogP contribution in [0.4, 0.5) is 0 Å². The van der Waals surface area contributed by atoms with Crippen LogP contribution in [0, 0.1) is 11.8 Å². The molecule has 1 aliphatic carbocycles. The summed E-state index contributed by atoms with van der Waals surface area (Å²) in [4.78, 5) is 14.4. The van der Waals surface area contributed by atoms with Crippen LogP contribution in [0.5, 0.6) is 0 Å². The third-order valence-corrected chi connectivity index (χ3v) is 4.73. The first-order valence-electron chi connectivity index (χ1n) is 7.99. The van der Waals surface area contributed by atoms with Crippen LogP contribution >= 0.6 is 0 Å². The molecule has 1 saturated carbocycles. The van der Waals surface area contributed by atoms with Crippen LogP contribution in [0.2, 0.25) is 0 Å². The summed E-state index contributed by atoms with van der Waals surface area (Å²) in [7, 11) is 0. The molecule has 1 heterocycles. The van der Waals surface area contributed by atoms with Gasteiger partial charge in [-0.05, 0) is 38.3 Å². The van der Waals surface area contributed by atoms with E-state index < -0.39 is 0 Å². The maximum atomic E-state index is 12.1. The van der Waals surface area contributed by atoms with E-state index in [1.807, 2.05) is 0 Å². The maximum Gasteiger partial charge on any atom is 0.223 e. The lowest BCUT2D eigenvalue weighted by molar-refractivity contribution is -0.126. The molecular formula is C15H29N3O. The van der Waals surface area contributed by atoms with Crippen LogP contribution in [-0.2, 0) is 4.79 Å². The van der Waals surface area contributed by atoms with Gasteiger partial charge in [0.1, 0.15) is 0 Å². The maximum absolute atomic E-state index is 12.1. The van der Waals surface area contributed by atoms with E-state index in [1.54, 1.807) is 0 Å². The van der Waals surface area contributed by atoms with Gasteiger partial charge in [0.25, 0.3) is 0 Å². The van der Waals surface area contributed by atoms with Gasteiger partial charge in [-0.15, -0.1) is 0 Å². The van der Waals surface area contributed by atoms with Crippen molar-refractivity contribution in [3.8, 4) is 0 Å². The van der Waals surface area contributed by atoms with Gasteiger partial charge in [0, 0.05) is 25.6 Å². The van der Waals surface area contributed by atoms with Gasteiger partial charge in [-0.25, -0.2) is 0 Å². The Morgan fingerprint density at radius 2 is 1.84 bits per heavy atom. The van der Waals surface area contributed by atoms with Crippen molar-refractivity contribution in [1.82, 2.24) is 10.2 Å². The molecule has 0 spiro atoms. The van der Waals surface area contributed by atoms with E-state index in [4.69, 9.17) is 5.73 Å². The second kappa shape index (κ2) is 7.85. The van der Waals surface area contributed by atoms with Gasteiger partial charge in [-0.3, -0.25) is 4.79 Å². The first-order valence-corrected chi connectivity index (χ1v) is 7.99. The molecule has 1 amide bonds. The fraction of sp³-hybridized carbons (Fsp3) is 0.933. The topological polar surface area (TPSA) is 58.4 Å². The number of hydrogen-bond acceptors (Lipinski definition) is 3. The lowest BCUT2D eigenvalue weighted by Gasteiger charge is -2.30. The van der Waals surface area contributed by atoms with E-state index in [1.165, 1.54) is 32.1 Å². The predicted molar refractivity (Wildman–Crippen MR) is 77.8 cm³/mol. The van der Waals surface area contributed by atoms with Gasteiger partial charge in [0.2, 0.25) is 5.91 Å². The molecule has 0 unspecified atom stereocenters. The SMILES string of the molecule is NCCN1CCC(C(=O)NCCC2CCCC2)CC1. The van der Waals surface area contributed by atoms with E-state index in [-0.39, 0.29) is 11.8 Å². The highest BCUT2D eigenvalue weighted by molar-refractivity contribution is 5.78. The van der Waals surface area contributed by atoms with Crippen LogP contribution in [0.3, 0.4) is 0 Å². The summed E-state index contributed by atoms with van der Waals surface area (Å²) in [5.41, 5.74) is 5.56. The molecule has 2 fully saturated rings. The van der Waals surface area contributed by atoms with Gasteiger partial charge in [0.15, 0.2) is 0 Å². The van der Waals surface area contributed by atoms with Crippen molar-refractivity contribution in [3.63, 3.8) is 0 Å². The standard InChI is InChI=1S/C15H29N3O/c16-8-12-18-10-6-14(7-11-18)15(19)17-9-5-13-3-1-2-4-13/h13-14H,1-12,16H2,(H,17,19). The second-order valence-electron chi connectivity index (χ2n) is 6.13. The first-order chi connectivity index (χ1) is 9.29. The Bertz CT molecular complexity index is 269. The number of carbonyl (C=O) groups excluding carboxylic acids is 1. The lowest BCUT2D eigenvalue weighted by atomic mass is 9.95. The van der Waals surface area contributed by atoms with Crippen molar-refractivity contribution in [2.45, 2.75) is 44.9 Å². The number of likely N-dealkylation sites (tertiary alicyclic amines) is 1. The molecule has 0 aromatic heterocycles. The van der Waals surface area contributed by atoms with E-state index in [2.05, 4.69) is 10.2 Å². The zero-order chi connectivity index (χ0) is 13.5. The summed E-state index contributed by atoms with van der Waals surface area (Å²) in [6, 6.07) is 0. The van der Waals surface area contributed by atoms with Gasteiger partial charge >= 0.3 is 0 Å². The van der Waals surface area contributed by atoms with Crippen molar-refractivity contribution >= 4 is 5.91 Å². The highest BCUT2D eigenvalue weighted by Gasteiger charge is 2.24. The number of nitrogens with two attached hydrogens (primary N) is 1. The molecule has 1 aliphatic heterocycles. The third kappa shape index (κ3) is 4.77. The van der Waals surface area contributed by atoms with Gasteiger partial charge in [-0.2, -0.15) is 0 Å². The van der Waals surface area contributed by atoms with Crippen molar-refractivity contribution in [2.24, 2.45) is 17.6 Å². The largest absolute Gasteiger partial charge is 0.356 e. The number of hydrogen-bond donors (Lipinski definition) is 2. The minimum atomic E-state index is 0.234. The number of amides is 1. The van der Waals surface area contributed by atoms with Crippen LogP contribution in [0.15, 0.2) is 0 Å². The van der Waals surface area contributed by atoms with Gasteiger partial charge in [-0.1, -0.05) is 25.7 Å². The second-order valence-corrected chi connectivity index (χ2v) is 6.13. The number of piperidine rings is 1. The molecule has 4 nitrogen and oxygen atoms in total. The third-order valence-electron chi connectivity index (χ3n) is 4.73. The highest BCUT2D eigenvalue weighted by Crippen LogP contribution is 2.27. The van der Waals surface area contributed by atoms with Crippen LogP contribution in [-0.4, -0.2) is 43.5 Å². The Labute approximate surface area is 117 Å². The number of carbonyl (C=O) groups is 1. The minimum absolute atomic E-state index is 0.234. The van der Waals surface area contributed by atoms with E-state index in [0.29, 0.717) is 0 Å². The van der Waals surface area contributed by atoms with Gasteiger partial charge in [0.05, 0.1) is 0 Å².